The molecule has 3 heteroatoms. The van der Waals surface area contributed by atoms with Gasteiger partial charge in [0, 0.05) is 24.2 Å². The predicted molar refractivity (Wildman–Crippen MR) is 84.2 cm³/mol. The summed E-state index contributed by atoms with van der Waals surface area (Å²) in [5, 5.41) is 3.73. The second-order valence-corrected chi connectivity index (χ2v) is 6.25. The summed E-state index contributed by atoms with van der Waals surface area (Å²) in [7, 11) is 1.74. The third-order valence-corrected chi connectivity index (χ3v) is 4.43. The molecular formula is C17H28N2O. The molecule has 1 heterocycles. The Kier molecular flexibility index (Phi) is 5.06. The summed E-state index contributed by atoms with van der Waals surface area (Å²) in [4.78, 5) is 2.53. The van der Waals surface area contributed by atoms with Gasteiger partial charge in [-0.25, -0.2) is 0 Å². The van der Waals surface area contributed by atoms with Crippen LogP contribution in [0, 0.1) is 5.92 Å². The van der Waals surface area contributed by atoms with Crippen LogP contribution in [0.25, 0.3) is 0 Å². The van der Waals surface area contributed by atoms with Crippen molar-refractivity contribution in [2.45, 2.75) is 32.7 Å². The molecule has 0 aliphatic carbocycles. The lowest BCUT2D eigenvalue weighted by Gasteiger charge is -2.30. The fraction of sp³-hybridized carbons (Fsp3) is 0.647. The number of hydrogen-bond acceptors (Lipinski definition) is 3. The third kappa shape index (κ3) is 3.53. The number of likely N-dealkylation sites (tertiary alicyclic amines) is 1. The normalized spacial score (nSPS) is 20.3. The van der Waals surface area contributed by atoms with Gasteiger partial charge in [-0.2, -0.15) is 0 Å². The van der Waals surface area contributed by atoms with E-state index in [4.69, 9.17) is 4.74 Å². The van der Waals surface area contributed by atoms with Gasteiger partial charge in [-0.1, -0.05) is 25.1 Å². The zero-order chi connectivity index (χ0) is 14.6. The smallest absolute Gasteiger partial charge is 0.123 e. The summed E-state index contributed by atoms with van der Waals surface area (Å²) < 4.78 is 5.49. The summed E-state index contributed by atoms with van der Waals surface area (Å²) in [6.07, 6.45) is 1.31. The Balaban J connectivity index is 1.97. The first-order chi connectivity index (χ1) is 9.56. The number of nitrogens with one attached hydrogen (secondary N) is 1. The first kappa shape index (κ1) is 15.3. The molecule has 1 N–H and O–H groups in total. The molecule has 1 aromatic rings. The quantitative estimate of drug-likeness (QED) is 0.864. The summed E-state index contributed by atoms with van der Waals surface area (Å²) in [6, 6.07) is 8.29. The number of para-hydroxylation sites is 1. The largest absolute Gasteiger partial charge is 0.496 e. The molecule has 1 unspecified atom stereocenters. The highest BCUT2D eigenvalue weighted by Gasteiger charge is 2.27. The topological polar surface area (TPSA) is 24.5 Å². The van der Waals surface area contributed by atoms with Gasteiger partial charge in [0.1, 0.15) is 5.75 Å². The summed E-state index contributed by atoms with van der Waals surface area (Å²) in [5.74, 6) is 1.73. The van der Waals surface area contributed by atoms with Crippen molar-refractivity contribution in [2.24, 2.45) is 5.92 Å². The molecule has 1 saturated heterocycles. The van der Waals surface area contributed by atoms with E-state index >= 15 is 0 Å². The zero-order valence-electron chi connectivity index (χ0n) is 13.3. The van der Waals surface area contributed by atoms with E-state index in [9.17, 15) is 0 Å². The van der Waals surface area contributed by atoms with Crippen LogP contribution < -0.4 is 10.1 Å². The molecule has 0 radical (unpaired) electrons. The predicted octanol–water partition coefficient (Wildman–Crippen LogP) is 2.86. The van der Waals surface area contributed by atoms with Gasteiger partial charge in [0.25, 0.3) is 0 Å². The highest BCUT2D eigenvalue weighted by Crippen LogP contribution is 2.29. The molecule has 0 aromatic heterocycles. The number of ether oxygens (including phenoxy) is 1. The molecule has 0 bridgehead atoms. The zero-order valence-corrected chi connectivity index (χ0v) is 13.3. The van der Waals surface area contributed by atoms with Gasteiger partial charge in [-0.05, 0) is 45.3 Å². The number of rotatable bonds is 6. The standard InChI is InChI=1S/C17H28N2O/c1-5-19-11-10-14(13-19)12-18-17(2,3)15-8-6-7-9-16(15)20-4/h6-9,14,18H,5,10-13H2,1-4H3. The Labute approximate surface area is 123 Å². The molecule has 0 spiro atoms. The van der Waals surface area contributed by atoms with Gasteiger partial charge >= 0.3 is 0 Å². The van der Waals surface area contributed by atoms with Crippen LogP contribution in [0.15, 0.2) is 24.3 Å². The van der Waals surface area contributed by atoms with Crippen molar-refractivity contribution in [3.05, 3.63) is 29.8 Å². The van der Waals surface area contributed by atoms with Crippen molar-refractivity contribution < 1.29 is 4.74 Å². The fourth-order valence-corrected chi connectivity index (χ4v) is 3.02. The molecular weight excluding hydrogens is 248 g/mol. The Morgan fingerprint density at radius 1 is 1.35 bits per heavy atom. The second kappa shape index (κ2) is 6.59. The lowest BCUT2D eigenvalue weighted by Crippen LogP contribution is -2.40. The number of nitrogens with zero attached hydrogens (tertiary/aromatic N) is 1. The molecule has 112 valence electrons. The average Bonchev–Trinajstić information content (AvgIpc) is 2.93. The van der Waals surface area contributed by atoms with Crippen LogP contribution >= 0.6 is 0 Å². The molecule has 2 rings (SSSR count). The van der Waals surface area contributed by atoms with Crippen molar-refractivity contribution in [3.63, 3.8) is 0 Å². The molecule has 20 heavy (non-hydrogen) atoms. The van der Waals surface area contributed by atoms with Crippen LogP contribution in [0.2, 0.25) is 0 Å². The van der Waals surface area contributed by atoms with E-state index in [0.29, 0.717) is 0 Å². The van der Waals surface area contributed by atoms with Gasteiger partial charge in [0.2, 0.25) is 0 Å². The first-order valence-corrected chi connectivity index (χ1v) is 7.67. The summed E-state index contributed by atoms with van der Waals surface area (Å²) >= 11 is 0. The number of hydrogen-bond donors (Lipinski definition) is 1. The molecule has 1 aliphatic heterocycles. The minimum Gasteiger partial charge on any atom is -0.496 e. The van der Waals surface area contributed by atoms with Crippen LogP contribution in [-0.2, 0) is 5.54 Å². The minimum atomic E-state index is -0.0633. The SMILES string of the molecule is CCN1CCC(CNC(C)(C)c2ccccc2OC)C1. The van der Waals surface area contributed by atoms with Crippen LogP contribution in [0.5, 0.6) is 5.75 Å². The number of benzene rings is 1. The Bertz CT molecular complexity index is 431. The molecule has 1 fully saturated rings. The maximum Gasteiger partial charge on any atom is 0.123 e. The summed E-state index contributed by atoms with van der Waals surface area (Å²) in [6.45, 7) is 11.4. The minimum absolute atomic E-state index is 0.0633. The van der Waals surface area contributed by atoms with Crippen molar-refractivity contribution >= 4 is 0 Å². The lowest BCUT2D eigenvalue weighted by molar-refractivity contribution is 0.313. The van der Waals surface area contributed by atoms with Gasteiger partial charge < -0.3 is 15.0 Å². The van der Waals surface area contributed by atoms with E-state index in [1.54, 1.807) is 7.11 Å². The van der Waals surface area contributed by atoms with E-state index < -0.39 is 0 Å². The van der Waals surface area contributed by atoms with Gasteiger partial charge in [-0.15, -0.1) is 0 Å². The summed E-state index contributed by atoms with van der Waals surface area (Å²) in [5.41, 5.74) is 1.17. The molecule has 1 aliphatic rings. The van der Waals surface area contributed by atoms with Crippen molar-refractivity contribution in [2.75, 3.05) is 33.3 Å². The molecule has 0 saturated carbocycles. The van der Waals surface area contributed by atoms with Gasteiger partial charge in [-0.3, -0.25) is 0 Å². The Morgan fingerprint density at radius 3 is 2.75 bits per heavy atom. The van der Waals surface area contributed by atoms with E-state index in [-0.39, 0.29) is 5.54 Å². The van der Waals surface area contributed by atoms with E-state index in [2.05, 4.69) is 43.1 Å². The van der Waals surface area contributed by atoms with Gasteiger partial charge in [0.15, 0.2) is 0 Å². The molecule has 3 nitrogen and oxygen atoms in total. The fourth-order valence-electron chi connectivity index (χ4n) is 3.02. The van der Waals surface area contributed by atoms with Crippen LogP contribution in [0.4, 0.5) is 0 Å². The third-order valence-electron chi connectivity index (χ3n) is 4.43. The molecule has 0 amide bonds. The first-order valence-electron chi connectivity index (χ1n) is 7.67. The maximum atomic E-state index is 5.49. The van der Waals surface area contributed by atoms with Crippen LogP contribution in [0.1, 0.15) is 32.8 Å². The molecule has 1 aromatic carbocycles. The van der Waals surface area contributed by atoms with Crippen molar-refractivity contribution in [1.82, 2.24) is 10.2 Å². The van der Waals surface area contributed by atoms with E-state index in [1.165, 1.54) is 31.6 Å². The van der Waals surface area contributed by atoms with E-state index in [0.717, 1.165) is 18.2 Å². The van der Waals surface area contributed by atoms with E-state index in [1.807, 2.05) is 12.1 Å². The van der Waals surface area contributed by atoms with Crippen LogP contribution in [0.3, 0.4) is 0 Å². The number of methoxy groups -OCH3 is 1. The highest BCUT2D eigenvalue weighted by molar-refractivity contribution is 5.38. The molecule has 1 atom stereocenters. The van der Waals surface area contributed by atoms with Crippen molar-refractivity contribution in [1.29, 1.82) is 0 Å². The Morgan fingerprint density at radius 2 is 2.10 bits per heavy atom. The van der Waals surface area contributed by atoms with Gasteiger partial charge in [0.05, 0.1) is 7.11 Å². The maximum absolute atomic E-state index is 5.49. The lowest BCUT2D eigenvalue weighted by atomic mass is 9.92. The highest BCUT2D eigenvalue weighted by atomic mass is 16.5. The monoisotopic (exact) mass is 276 g/mol. The second-order valence-electron chi connectivity index (χ2n) is 6.25. The Hall–Kier alpha value is -1.06. The van der Waals surface area contributed by atoms with Crippen LogP contribution in [-0.4, -0.2) is 38.2 Å². The average molecular weight is 276 g/mol. The van der Waals surface area contributed by atoms with Crippen molar-refractivity contribution in [3.8, 4) is 5.75 Å².